The van der Waals surface area contributed by atoms with Crippen LogP contribution in [0.25, 0.3) is 10.9 Å². The van der Waals surface area contributed by atoms with Gasteiger partial charge in [-0.05, 0) is 30.9 Å². The average molecular weight is 258 g/mol. The predicted octanol–water partition coefficient (Wildman–Crippen LogP) is 3.79. The number of halogens is 4. The van der Waals surface area contributed by atoms with Gasteiger partial charge in [-0.3, -0.25) is 0 Å². The van der Waals surface area contributed by atoms with Crippen LogP contribution < -0.4 is 0 Å². The molecule has 0 amide bonds. The molecule has 0 N–H and O–H groups in total. The number of rotatable bonds is 0. The monoisotopic (exact) mass is 257 g/mol. The summed E-state index contributed by atoms with van der Waals surface area (Å²) < 4.78 is 39.8. The molecule has 1 aliphatic carbocycles. The van der Waals surface area contributed by atoms with Crippen molar-refractivity contribution in [2.75, 3.05) is 0 Å². The van der Waals surface area contributed by atoms with E-state index in [4.69, 9.17) is 11.6 Å². The molecule has 0 bridgehead atoms. The van der Waals surface area contributed by atoms with Gasteiger partial charge < -0.3 is 0 Å². The summed E-state index contributed by atoms with van der Waals surface area (Å²) in [6, 6.07) is 0.904. The Bertz CT molecular complexity index is 640. The van der Waals surface area contributed by atoms with Gasteiger partial charge >= 0.3 is 0 Å². The normalized spacial score (nSPS) is 14.4. The number of nitrogens with zero attached hydrogens (tertiary/aromatic N) is 1. The SMILES string of the molecule is Fc1cc2c(Cl)c3c(nc2c(F)c1F)CCC3. The van der Waals surface area contributed by atoms with Gasteiger partial charge in [0.1, 0.15) is 5.52 Å². The van der Waals surface area contributed by atoms with Gasteiger partial charge in [-0.2, -0.15) is 0 Å². The highest BCUT2D eigenvalue weighted by Crippen LogP contribution is 2.35. The van der Waals surface area contributed by atoms with Crippen LogP contribution in [0.5, 0.6) is 0 Å². The number of fused-ring (bicyclic) bond motifs is 2. The van der Waals surface area contributed by atoms with Crippen molar-refractivity contribution in [3.05, 3.63) is 39.8 Å². The third kappa shape index (κ3) is 1.43. The van der Waals surface area contributed by atoms with Crippen LogP contribution in [0.2, 0.25) is 5.02 Å². The van der Waals surface area contributed by atoms with Crippen molar-refractivity contribution in [3.63, 3.8) is 0 Å². The average Bonchev–Trinajstić information content (AvgIpc) is 2.77. The molecule has 0 fully saturated rings. The van der Waals surface area contributed by atoms with E-state index in [2.05, 4.69) is 4.98 Å². The second-order valence-electron chi connectivity index (χ2n) is 4.09. The summed E-state index contributed by atoms with van der Waals surface area (Å²) in [5.41, 5.74) is 1.33. The molecule has 1 aromatic carbocycles. The molecule has 17 heavy (non-hydrogen) atoms. The highest BCUT2D eigenvalue weighted by Gasteiger charge is 2.23. The van der Waals surface area contributed by atoms with Gasteiger partial charge in [-0.15, -0.1) is 0 Å². The van der Waals surface area contributed by atoms with E-state index < -0.39 is 17.5 Å². The topological polar surface area (TPSA) is 12.9 Å². The maximum absolute atomic E-state index is 13.6. The smallest absolute Gasteiger partial charge is 0.196 e. The molecule has 1 nitrogen and oxygen atoms in total. The molecule has 0 radical (unpaired) electrons. The summed E-state index contributed by atoms with van der Waals surface area (Å²) in [5, 5.41) is 0.434. The fourth-order valence-electron chi connectivity index (χ4n) is 2.25. The van der Waals surface area contributed by atoms with Gasteiger partial charge in [0.05, 0.1) is 5.02 Å². The van der Waals surface area contributed by atoms with Crippen molar-refractivity contribution in [2.24, 2.45) is 0 Å². The Balaban J connectivity index is 2.48. The van der Waals surface area contributed by atoms with Crippen LogP contribution in [0.3, 0.4) is 0 Å². The van der Waals surface area contributed by atoms with Crippen LogP contribution in [-0.2, 0) is 12.8 Å². The highest BCUT2D eigenvalue weighted by atomic mass is 35.5. The number of aromatic nitrogens is 1. The summed E-state index contributed by atoms with van der Waals surface area (Å²) in [4.78, 5) is 4.05. The lowest BCUT2D eigenvalue weighted by Crippen LogP contribution is -1.99. The quantitative estimate of drug-likeness (QED) is 0.654. The second-order valence-corrected chi connectivity index (χ2v) is 4.47. The summed E-state index contributed by atoms with van der Waals surface area (Å²) in [6.45, 7) is 0. The Morgan fingerprint density at radius 3 is 2.65 bits per heavy atom. The molecular formula is C12H7ClF3N. The number of hydrogen-bond donors (Lipinski definition) is 0. The largest absolute Gasteiger partial charge is 0.249 e. The Morgan fingerprint density at radius 2 is 1.88 bits per heavy atom. The standard InChI is InChI=1S/C12H7ClF3N/c13-9-5-2-1-3-8(5)17-12-6(9)4-7(14)10(15)11(12)16/h4H,1-3H2. The van der Waals surface area contributed by atoms with Gasteiger partial charge in [0, 0.05) is 11.1 Å². The molecule has 0 aliphatic heterocycles. The highest BCUT2D eigenvalue weighted by molar-refractivity contribution is 6.36. The second kappa shape index (κ2) is 3.60. The van der Waals surface area contributed by atoms with E-state index in [1.54, 1.807) is 0 Å². The lowest BCUT2D eigenvalue weighted by atomic mass is 10.1. The van der Waals surface area contributed by atoms with Crippen LogP contribution in [0.4, 0.5) is 13.2 Å². The number of pyridine rings is 1. The predicted molar refractivity (Wildman–Crippen MR) is 58.7 cm³/mol. The fraction of sp³-hybridized carbons (Fsp3) is 0.250. The van der Waals surface area contributed by atoms with Crippen LogP contribution >= 0.6 is 11.6 Å². The third-order valence-corrected chi connectivity index (χ3v) is 3.51. The molecule has 88 valence electrons. The van der Waals surface area contributed by atoms with Crippen molar-refractivity contribution in [1.82, 2.24) is 4.98 Å². The molecule has 5 heteroatoms. The van der Waals surface area contributed by atoms with Crippen LogP contribution in [0.1, 0.15) is 17.7 Å². The first-order chi connectivity index (χ1) is 8.09. The van der Waals surface area contributed by atoms with E-state index in [-0.39, 0.29) is 10.9 Å². The third-order valence-electron chi connectivity index (χ3n) is 3.07. The molecule has 0 spiro atoms. The Morgan fingerprint density at radius 1 is 1.12 bits per heavy atom. The lowest BCUT2D eigenvalue weighted by molar-refractivity contribution is 0.452. The minimum atomic E-state index is -1.50. The number of benzene rings is 1. The minimum Gasteiger partial charge on any atom is -0.249 e. The molecule has 1 aromatic heterocycles. The van der Waals surface area contributed by atoms with E-state index in [9.17, 15) is 13.2 Å². The van der Waals surface area contributed by atoms with E-state index in [1.807, 2.05) is 0 Å². The number of hydrogen-bond acceptors (Lipinski definition) is 1. The molecular weight excluding hydrogens is 251 g/mol. The van der Waals surface area contributed by atoms with Crippen molar-refractivity contribution in [1.29, 1.82) is 0 Å². The fourth-order valence-corrected chi connectivity index (χ4v) is 2.59. The van der Waals surface area contributed by atoms with Gasteiger partial charge in [-0.1, -0.05) is 11.6 Å². The maximum Gasteiger partial charge on any atom is 0.196 e. The molecule has 0 unspecified atom stereocenters. The summed E-state index contributed by atoms with van der Waals surface area (Å²) in [7, 11) is 0. The molecule has 0 atom stereocenters. The van der Waals surface area contributed by atoms with Gasteiger partial charge in [0.2, 0.25) is 0 Å². The molecule has 0 saturated carbocycles. The summed E-state index contributed by atoms with van der Waals surface area (Å²) >= 11 is 6.09. The zero-order valence-corrected chi connectivity index (χ0v) is 9.41. The summed E-state index contributed by atoms with van der Waals surface area (Å²) in [5.74, 6) is -4.01. The van der Waals surface area contributed by atoms with Crippen molar-refractivity contribution in [2.45, 2.75) is 19.3 Å². The Hall–Kier alpha value is -1.29. The van der Waals surface area contributed by atoms with E-state index >= 15 is 0 Å². The van der Waals surface area contributed by atoms with Gasteiger partial charge in [0.25, 0.3) is 0 Å². The Labute approximate surface area is 100 Å². The van der Waals surface area contributed by atoms with Gasteiger partial charge in [-0.25, -0.2) is 18.2 Å². The van der Waals surface area contributed by atoms with E-state index in [1.165, 1.54) is 0 Å². The molecule has 2 aromatic rings. The zero-order valence-electron chi connectivity index (χ0n) is 8.66. The first-order valence-corrected chi connectivity index (χ1v) is 5.62. The molecule has 3 rings (SSSR count). The van der Waals surface area contributed by atoms with Crippen LogP contribution in [0.15, 0.2) is 6.07 Å². The number of aryl methyl sites for hydroxylation is 1. The van der Waals surface area contributed by atoms with Crippen LogP contribution in [-0.4, -0.2) is 4.98 Å². The van der Waals surface area contributed by atoms with Crippen molar-refractivity contribution < 1.29 is 13.2 Å². The van der Waals surface area contributed by atoms with Crippen molar-refractivity contribution in [3.8, 4) is 0 Å². The first kappa shape index (κ1) is 10.8. The zero-order chi connectivity index (χ0) is 12.2. The van der Waals surface area contributed by atoms with E-state index in [0.717, 1.165) is 24.5 Å². The molecule has 1 aliphatic rings. The minimum absolute atomic E-state index is 0.142. The van der Waals surface area contributed by atoms with Gasteiger partial charge in [0.15, 0.2) is 17.5 Å². The molecule has 1 heterocycles. The van der Waals surface area contributed by atoms with E-state index in [0.29, 0.717) is 17.1 Å². The molecule has 0 saturated heterocycles. The Kier molecular flexibility index (Phi) is 2.30. The van der Waals surface area contributed by atoms with Crippen LogP contribution in [0, 0.1) is 17.5 Å². The first-order valence-electron chi connectivity index (χ1n) is 5.24. The lowest BCUT2D eigenvalue weighted by Gasteiger charge is -2.08. The summed E-state index contributed by atoms with van der Waals surface area (Å²) in [6.07, 6.45) is 2.33. The van der Waals surface area contributed by atoms with Crippen molar-refractivity contribution >= 4 is 22.5 Å². The maximum atomic E-state index is 13.6.